The number of urea groups is 1. The van der Waals surface area contributed by atoms with Crippen molar-refractivity contribution in [3.63, 3.8) is 0 Å². The van der Waals surface area contributed by atoms with Crippen LogP contribution in [0.15, 0.2) is 53.5 Å². The maximum Gasteiger partial charge on any atom is 0.348 e. The van der Waals surface area contributed by atoms with Gasteiger partial charge >= 0.3 is 6.03 Å². The second-order valence-electron chi connectivity index (χ2n) is 5.05. The Bertz CT molecular complexity index is 767. The molecule has 1 heterocycles. The van der Waals surface area contributed by atoms with Crippen LogP contribution in [0.2, 0.25) is 0 Å². The Hall–Kier alpha value is -2.22. The van der Waals surface area contributed by atoms with E-state index >= 15 is 0 Å². The fourth-order valence-corrected chi connectivity index (χ4v) is 2.49. The lowest BCUT2D eigenvalue weighted by Gasteiger charge is -2.07. The lowest BCUT2D eigenvalue weighted by Crippen LogP contribution is -2.26. The maximum atomic E-state index is 11.5. The van der Waals surface area contributed by atoms with Crippen LogP contribution in [0.1, 0.15) is 11.1 Å². The number of carbonyl (C=O) groups is 2. The van der Waals surface area contributed by atoms with Crippen molar-refractivity contribution in [3.8, 4) is 5.75 Å². The largest absolute Gasteiger partial charge is 0.489 e. The predicted octanol–water partition coefficient (Wildman–Crippen LogP) is 3.10. The molecule has 0 bridgehead atoms. The predicted molar refractivity (Wildman–Crippen MR) is 94.6 cm³/mol. The van der Waals surface area contributed by atoms with Crippen LogP contribution in [-0.4, -0.2) is 17.6 Å². The van der Waals surface area contributed by atoms with Crippen molar-refractivity contribution in [1.29, 1.82) is 0 Å². The number of hydrogen-bond donors (Lipinski definition) is 1. The second kappa shape index (κ2) is 6.91. The first-order valence-corrected chi connectivity index (χ1v) is 8.07. The van der Waals surface area contributed by atoms with E-state index in [4.69, 9.17) is 4.74 Å². The molecule has 0 saturated carbocycles. The number of hydrogen-bond acceptors (Lipinski definition) is 3. The second-order valence-corrected chi connectivity index (χ2v) is 6.30. The lowest BCUT2D eigenvalue weighted by atomic mass is 10.1. The average Bonchev–Trinajstić information content (AvgIpc) is 2.86. The van der Waals surface area contributed by atoms with Crippen LogP contribution in [0.3, 0.4) is 0 Å². The van der Waals surface area contributed by atoms with Gasteiger partial charge in [0, 0.05) is 9.99 Å². The molecule has 5 nitrogen and oxygen atoms in total. The van der Waals surface area contributed by atoms with Gasteiger partial charge in [0.25, 0.3) is 5.91 Å². The molecule has 6 heteroatoms. The number of imide groups is 1. The number of nitrogens with one attached hydrogen (secondary N) is 1. The summed E-state index contributed by atoms with van der Waals surface area (Å²) in [5, 5.41) is 2.13. The Morgan fingerprint density at radius 1 is 0.957 bits per heavy atom. The average molecular weight is 420 g/mol. The van der Waals surface area contributed by atoms with Gasteiger partial charge in [-0.2, -0.15) is 4.99 Å². The molecule has 2 aromatic rings. The molecule has 1 N–H and O–H groups in total. The van der Waals surface area contributed by atoms with Gasteiger partial charge in [0.05, 0.1) is 0 Å². The van der Waals surface area contributed by atoms with Crippen molar-refractivity contribution in [2.45, 2.75) is 13.0 Å². The fourth-order valence-electron chi connectivity index (χ4n) is 2.13. The van der Waals surface area contributed by atoms with E-state index in [1.165, 1.54) is 3.57 Å². The smallest absolute Gasteiger partial charge is 0.348 e. The molecule has 3 rings (SSSR count). The minimum absolute atomic E-state index is 0.238. The highest BCUT2D eigenvalue weighted by molar-refractivity contribution is 14.1. The normalized spacial score (nSPS) is 13.7. The van der Waals surface area contributed by atoms with E-state index in [1.807, 2.05) is 48.5 Å². The Morgan fingerprint density at radius 3 is 2.22 bits per heavy atom. The third-order valence-corrected chi connectivity index (χ3v) is 4.05. The first kappa shape index (κ1) is 15.7. The summed E-state index contributed by atoms with van der Waals surface area (Å²) in [6.07, 6.45) is 0.328. The summed E-state index contributed by atoms with van der Waals surface area (Å²) in [4.78, 5) is 26.1. The number of aliphatic imine (C=N–C) groups is 1. The van der Waals surface area contributed by atoms with Crippen molar-refractivity contribution in [1.82, 2.24) is 5.32 Å². The summed E-state index contributed by atoms with van der Waals surface area (Å²) < 4.78 is 6.92. The third-order valence-electron chi connectivity index (χ3n) is 3.33. The van der Waals surface area contributed by atoms with Crippen molar-refractivity contribution in [3.05, 3.63) is 63.2 Å². The summed E-state index contributed by atoms with van der Waals surface area (Å²) in [6, 6.07) is 15.0. The highest BCUT2D eigenvalue weighted by atomic mass is 127. The lowest BCUT2D eigenvalue weighted by molar-refractivity contribution is -0.113. The number of rotatable bonds is 5. The van der Waals surface area contributed by atoms with Crippen LogP contribution in [0.4, 0.5) is 4.79 Å². The zero-order valence-electron chi connectivity index (χ0n) is 12.1. The molecule has 0 spiro atoms. The van der Waals surface area contributed by atoms with Gasteiger partial charge in [0.15, 0.2) is 0 Å². The number of amides is 3. The van der Waals surface area contributed by atoms with Crippen LogP contribution in [0, 0.1) is 3.57 Å². The minimum Gasteiger partial charge on any atom is -0.489 e. The molecule has 0 radical (unpaired) electrons. The molecule has 2 aromatic carbocycles. The molecule has 0 fully saturated rings. The third kappa shape index (κ3) is 4.16. The molecule has 116 valence electrons. The quantitative estimate of drug-likeness (QED) is 0.757. The van der Waals surface area contributed by atoms with Gasteiger partial charge in [-0.3, -0.25) is 10.1 Å². The first-order chi connectivity index (χ1) is 11.1. The van der Waals surface area contributed by atoms with Crippen LogP contribution in [0.25, 0.3) is 0 Å². The maximum absolute atomic E-state index is 11.5. The highest BCUT2D eigenvalue weighted by Crippen LogP contribution is 2.16. The van der Waals surface area contributed by atoms with E-state index in [9.17, 15) is 9.59 Å². The molecular formula is C17H13IN2O3. The summed E-state index contributed by atoms with van der Waals surface area (Å²) >= 11 is 2.26. The van der Waals surface area contributed by atoms with Crippen LogP contribution < -0.4 is 10.1 Å². The van der Waals surface area contributed by atoms with Gasteiger partial charge < -0.3 is 4.74 Å². The zero-order chi connectivity index (χ0) is 16.2. The van der Waals surface area contributed by atoms with Crippen molar-refractivity contribution in [2.75, 3.05) is 0 Å². The molecular weight excluding hydrogens is 407 g/mol. The van der Waals surface area contributed by atoms with E-state index in [-0.39, 0.29) is 5.71 Å². The van der Waals surface area contributed by atoms with E-state index < -0.39 is 11.9 Å². The number of benzene rings is 2. The van der Waals surface area contributed by atoms with Crippen LogP contribution >= 0.6 is 22.6 Å². The van der Waals surface area contributed by atoms with Gasteiger partial charge in [-0.05, 0) is 58.0 Å². The summed E-state index contributed by atoms with van der Waals surface area (Å²) in [5.74, 6) is 0.329. The van der Waals surface area contributed by atoms with E-state index in [0.717, 1.165) is 16.9 Å². The zero-order valence-corrected chi connectivity index (χ0v) is 14.2. The van der Waals surface area contributed by atoms with Gasteiger partial charge in [0.2, 0.25) is 0 Å². The van der Waals surface area contributed by atoms with E-state index in [2.05, 4.69) is 32.9 Å². The molecule has 1 aliphatic heterocycles. The van der Waals surface area contributed by atoms with Crippen molar-refractivity contribution in [2.24, 2.45) is 4.99 Å². The summed E-state index contributed by atoms with van der Waals surface area (Å²) in [5.41, 5.74) is 2.24. The summed E-state index contributed by atoms with van der Waals surface area (Å²) in [7, 11) is 0. The SMILES string of the molecule is O=C1N=C(Cc2ccc(OCc3ccc(I)cc3)cc2)C(=O)N1. The molecule has 0 unspecified atom stereocenters. The fraction of sp³-hybridized carbons (Fsp3) is 0.118. The van der Waals surface area contributed by atoms with Gasteiger partial charge in [-0.25, -0.2) is 4.79 Å². The molecule has 23 heavy (non-hydrogen) atoms. The number of carbonyl (C=O) groups excluding carboxylic acids is 2. The van der Waals surface area contributed by atoms with Crippen molar-refractivity contribution < 1.29 is 14.3 Å². The number of ether oxygens (including phenoxy) is 1. The Labute approximate surface area is 146 Å². The molecule has 0 atom stereocenters. The van der Waals surface area contributed by atoms with Crippen molar-refractivity contribution >= 4 is 40.2 Å². The molecule has 3 amide bonds. The standard InChI is InChI=1S/C17H13IN2O3/c18-13-5-1-12(2-6-13)10-23-14-7-3-11(4-8-14)9-15-16(21)20-17(22)19-15/h1-8H,9-10H2,(H,20,21,22). The first-order valence-electron chi connectivity index (χ1n) is 6.99. The van der Waals surface area contributed by atoms with Gasteiger partial charge in [0.1, 0.15) is 18.1 Å². The topological polar surface area (TPSA) is 67.8 Å². The van der Waals surface area contributed by atoms with Gasteiger partial charge in [-0.15, -0.1) is 0 Å². The molecule has 1 aliphatic rings. The Balaban J connectivity index is 1.59. The highest BCUT2D eigenvalue weighted by Gasteiger charge is 2.22. The monoisotopic (exact) mass is 420 g/mol. The molecule has 0 saturated heterocycles. The summed E-state index contributed by atoms with van der Waals surface area (Å²) in [6.45, 7) is 0.500. The Kier molecular flexibility index (Phi) is 4.71. The Morgan fingerprint density at radius 2 is 1.61 bits per heavy atom. The number of nitrogens with zero attached hydrogens (tertiary/aromatic N) is 1. The van der Waals surface area contributed by atoms with E-state index in [0.29, 0.717) is 13.0 Å². The number of halogens is 1. The van der Waals surface area contributed by atoms with E-state index in [1.54, 1.807) is 0 Å². The van der Waals surface area contributed by atoms with Crippen LogP contribution in [-0.2, 0) is 17.8 Å². The molecule has 0 aliphatic carbocycles. The molecule has 0 aromatic heterocycles. The van der Waals surface area contributed by atoms with Crippen LogP contribution in [0.5, 0.6) is 5.75 Å². The minimum atomic E-state index is -0.595. The van der Waals surface area contributed by atoms with Gasteiger partial charge in [-0.1, -0.05) is 24.3 Å².